The molecule has 1 amide bonds. The molecule has 5 aliphatic rings. The van der Waals surface area contributed by atoms with E-state index in [1.54, 1.807) is 28.4 Å². The Morgan fingerprint density at radius 2 is 1.45 bits per heavy atom. The number of piperidine rings is 1. The molecule has 64 heavy (non-hydrogen) atoms. The molecule has 1 fully saturated rings. The Kier molecular flexibility index (Phi) is 15.1. The second-order valence-corrected chi connectivity index (χ2v) is 17.2. The Hall–Kier alpha value is -4.73. The lowest BCUT2D eigenvalue weighted by Gasteiger charge is -2.49. The first-order valence-corrected chi connectivity index (χ1v) is 23.0. The average Bonchev–Trinajstić information content (AvgIpc) is 3.81. The summed E-state index contributed by atoms with van der Waals surface area (Å²) in [4.78, 5) is 20.2. The van der Waals surface area contributed by atoms with Gasteiger partial charge in [0.1, 0.15) is 0 Å². The number of nitrogens with zero attached hydrogens (tertiary/aromatic N) is 2. The van der Waals surface area contributed by atoms with Crippen LogP contribution >= 0.6 is 0 Å². The van der Waals surface area contributed by atoms with Crippen molar-refractivity contribution in [2.24, 2.45) is 17.8 Å². The van der Waals surface area contributed by atoms with Gasteiger partial charge in [-0.25, -0.2) is 0 Å². The minimum Gasteiger partial charge on any atom is -0.493 e. The minimum absolute atomic E-state index is 0.0337. The molecule has 5 heterocycles. The first-order valence-electron chi connectivity index (χ1n) is 23.0. The van der Waals surface area contributed by atoms with Crippen molar-refractivity contribution in [3.63, 3.8) is 0 Å². The number of fused-ring (bicyclic) bond motifs is 5. The summed E-state index contributed by atoms with van der Waals surface area (Å²) in [6.07, 6.45) is 6.26. The lowest BCUT2D eigenvalue weighted by Crippen LogP contribution is -2.48. The summed E-state index contributed by atoms with van der Waals surface area (Å²) in [6.45, 7) is 8.72. The van der Waals surface area contributed by atoms with E-state index in [9.17, 15) is 0 Å². The van der Waals surface area contributed by atoms with Crippen LogP contribution in [0.4, 0.5) is 0 Å². The van der Waals surface area contributed by atoms with Crippen molar-refractivity contribution in [1.29, 1.82) is 0 Å². The van der Waals surface area contributed by atoms with Crippen LogP contribution in [0.15, 0.2) is 54.3 Å². The SMILES string of the molecule is CCO[C@@H]1OC(C(=O)N2CCc3cc(OC)c(OC)cc3[C@H]2C[C@H]2C[C@H]3c4cc(OC)c(OC)cc4CCN3C[C@@H]2CC)=C[C@H](c2ccc3c(c2)OCO3)[C@H]1CCOCCOCCO. The molecule has 7 atom stereocenters. The van der Waals surface area contributed by atoms with E-state index in [1.165, 1.54) is 11.1 Å². The van der Waals surface area contributed by atoms with Gasteiger partial charge >= 0.3 is 0 Å². The smallest absolute Gasteiger partial charge is 0.289 e. The summed E-state index contributed by atoms with van der Waals surface area (Å²) in [5, 5.41) is 9.09. The zero-order valence-corrected chi connectivity index (χ0v) is 38.3. The summed E-state index contributed by atoms with van der Waals surface area (Å²) in [5.41, 5.74) is 5.81. The van der Waals surface area contributed by atoms with Crippen LogP contribution in [0, 0.1) is 17.8 Å². The van der Waals surface area contributed by atoms with Crippen LogP contribution in [0.25, 0.3) is 0 Å². The van der Waals surface area contributed by atoms with Gasteiger partial charge in [0.2, 0.25) is 13.1 Å². The predicted molar refractivity (Wildman–Crippen MR) is 238 cm³/mol. The van der Waals surface area contributed by atoms with Crippen molar-refractivity contribution >= 4 is 5.91 Å². The number of aliphatic hydroxyl groups excluding tert-OH is 1. The fourth-order valence-electron chi connectivity index (χ4n) is 10.7. The number of carbonyl (C=O) groups excluding carboxylic acids is 1. The van der Waals surface area contributed by atoms with Crippen LogP contribution in [-0.2, 0) is 36.6 Å². The van der Waals surface area contributed by atoms with Gasteiger partial charge in [-0.2, -0.15) is 0 Å². The molecule has 3 aromatic rings. The highest BCUT2D eigenvalue weighted by atomic mass is 16.7. The van der Waals surface area contributed by atoms with E-state index in [2.05, 4.69) is 36.1 Å². The highest BCUT2D eigenvalue weighted by molar-refractivity contribution is 5.92. The number of hydrogen-bond acceptors (Lipinski definition) is 13. The minimum atomic E-state index is -0.714. The van der Waals surface area contributed by atoms with Crippen molar-refractivity contribution in [3.05, 3.63) is 82.1 Å². The quantitative estimate of drug-likeness (QED) is 0.124. The number of methoxy groups -OCH3 is 4. The number of carbonyl (C=O) groups is 1. The summed E-state index contributed by atoms with van der Waals surface area (Å²) in [6, 6.07) is 14.4. The molecule has 348 valence electrons. The molecular formula is C50H66N2O12. The Bertz CT molecular complexity index is 2110. The molecule has 0 bridgehead atoms. The normalized spacial score (nSPS) is 24.8. The number of hydrogen-bond donors (Lipinski definition) is 1. The monoisotopic (exact) mass is 886 g/mol. The molecule has 14 nitrogen and oxygen atoms in total. The van der Waals surface area contributed by atoms with Gasteiger partial charge in [0.15, 0.2) is 40.3 Å². The van der Waals surface area contributed by atoms with Gasteiger partial charge in [-0.1, -0.05) is 19.4 Å². The topological polar surface area (TPSA) is 136 Å². The van der Waals surface area contributed by atoms with E-state index < -0.39 is 6.29 Å². The van der Waals surface area contributed by atoms with Gasteiger partial charge < -0.3 is 57.4 Å². The maximum atomic E-state index is 15.5. The Balaban J connectivity index is 1.14. The molecule has 5 aliphatic heterocycles. The highest BCUT2D eigenvalue weighted by Gasteiger charge is 2.45. The third-order valence-corrected chi connectivity index (χ3v) is 14.0. The molecule has 0 unspecified atom stereocenters. The van der Waals surface area contributed by atoms with E-state index >= 15 is 4.79 Å². The van der Waals surface area contributed by atoms with Gasteiger partial charge in [-0.05, 0) is 121 Å². The van der Waals surface area contributed by atoms with Gasteiger partial charge in [0, 0.05) is 50.7 Å². The molecular weight excluding hydrogens is 821 g/mol. The van der Waals surface area contributed by atoms with Crippen LogP contribution in [0.1, 0.15) is 85.3 Å². The number of ether oxygens (including phenoxy) is 10. The maximum absolute atomic E-state index is 15.5. The molecule has 0 aliphatic carbocycles. The number of benzene rings is 3. The summed E-state index contributed by atoms with van der Waals surface area (Å²) in [5.74, 6) is 4.60. The second kappa shape index (κ2) is 21.1. The largest absolute Gasteiger partial charge is 0.493 e. The molecule has 3 aromatic carbocycles. The van der Waals surface area contributed by atoms with Crippen LogP contribution in [0.2, 0.25) is 0 Å². The lowest BCUT2D eigenvalue weighted by atomic mass is 9.72. The molecule has 0 spiro atoms. The third-order valence-electron chi connectivity index (χ3n) is 14.0. The number of amides is 1. The molecule has 0 radical (unpaired) electrons. The first kappa shape index (κ1) is 45.8. The van der Waals surface area contributed by atoms with E-state index in [1.807, 2.05) is 36.1 Å². The number of aliphatic hydroxyl groups is 1. The van der Waals surface area contributed by atoms with E-state index in [0.29, 0.717) is 80.6 Å². The van der Waals surface area contributed by atoms with Crippen molar-refractivity contribution in [2.45, 2.75) is 76.7 Å². The highest BCUT2D eigenvalue weighted by Crippen LogP contribution is 2.50. The summed E-state index contributed by atoms with van der Waals surface area (Å²) < 4.78 is 59.2. The van der Waals surface area contributed by atoms with E-state index in [4.69, 9.17) is 52.5 Å². The Morgan fingerprint density at radius 1 is 0.781 bits per heavy atom. The molecule has 1 N–H and O–H groups in total. The second-order valence-electron chi connectivity index (χ2n) is 17.2. The van der Waals surface area contributed by atoms with Gasteiger partial charge in [-0.15, -0.1) is 0 Å². The average molecular weight is 887 g/mol. The fourth-order valence-corrected chi connectivity index (χ4v) is 10.7. The lowest BCUT2D eigenvalue weighted by molar-refractivity contribution is -0.173. The molecule has 8 rings (SSSR count). The molecule has 14 heteroatoms. The van der Waals surface area contributed by atoms with Crippen molar-refractivity contribution in [3.8, 4) is 34.5 Å². The van der Waals surface area contributed by atoms with Crippen molar-refractivity contribution < 1.29 is 57.3 Å². The predicted octanol–water partition coefficient (Wildman–Crippen LogP) is 7.00. The van der Waals surface area contributed by atoms with E-state index in [-0.39, 0.29) is 55.6 Å². The fraction of sp³-hybridized carbons (Fsp3) is 0.580. The number of allylic oxidation sites excluding steroid dienone is 1. The van der Waals surface area contributed by atoms with Crippen molar-refractivity contribution in [1.82, 2.24) is 9.80 Å². The van der Waals surface area contributed by atoms with Crippen LogP contribution < -0.4 is 28.4 Å². The molecule has 1 saturated heterocycles. The third kappa shape index (κ3) is 9.48. The molecule has 0 aromatic heterocycles. The van der Waals surface area contributed by atoms with Gasteiger partial charge in [-0.3, -0.25) is 9.69 Å². The van der Waals surface area contributed by atoms with Crippen LogP contribution in [-0.4, -0.2) is 122 Å². The number of rotatable bonds is 19. The Morgan fingerprint density at radius 3 is 2.16 bits per heavy atom. The van der Waals surface area contributed by atoms with Gasteiger partial charge in [0.05, 0.1) is 60.9 Å². The summed E-state index contributed by atoms with van der Waals surface area (Å²) >= 11 is 0. The standard InChI is InChI=1S/C50H66N2O12/c1-7-31-29-51-14-11-33-23-43(55-3)45(57-5)27-38(33)40(51)21-35(31)22-41-39-28-46(58-6)44(56-4)24-34(39)12-15-52(41)49(54)48-26-37(32-9-10-42-47(25-32)63-30-62-42)36(50(64-48)61-8-2)13-17-59-19-20-60-18-16-53/h9-10,23-28,31,35-37,40-41,50,53H,7-8,11-22,29-30H2,1-6H3/t31-,35+,36+,37+,40-,41+,50+/m0/s1. The first-order chi connectivity index (χ1) is 31.3. The van der Waals surface area contributed by atoms with Crippen molar-refractivity contribution in [2.75, 3.05) is 94.5 Å². The maximum Gasteiger partial charge on any atom is 0.289 e. The zero-order chi connectivity index (χ0) is 44.7. The van der Waals surface area contributed by atoms with E-state index in [0.717, 1.165) is 67.0 Å². The molecule has 0 saturated carbocycles. The summed E-state index contributed by atoms with van der Waals surface area (Å²) in [7, 11) is 6.72. The Labute approximate surface area is 377 Å². The van der Waals surface area contributed by atoms with Crippen LogP contribution in [0.3, 0.4) is 0 Å². The zero-order valence-electron chi connectivity index (χ0n) is 38.3. The van der Waals surface area contributed by atoms with Crippen LogP contribution in [0.5, 0.6) is 34.5 Å². The van der Waals surface area contributed by atoms with Gasteiger partial charge in [0.25, 0.3) is 5.91 Å².